The Morgan fingerprint density at radius 2 is 1.82 bits per heavy atom. The average Bonchev–Trinajstić information content (AvgIpc) is 2.73. The molecule has 0 saturated carbocycles. The molecule has 1 fully saturated rings. The van der Waals surface area contributed by atoms with Crippen LogP contribution in [-0.4, -0.2) is 57.7 Å². The highest BCUT2D eigenvalue weighted by Gasteiger charge is 2.35. The lowest BCUT2D eigenvalue weighted by Gasteiger charge is -2.39. The first-order valence-corrected chi connectivity index (χ1v) is 10.2. The fourth-order valence-electron chi connectivity index (χ4n) is 3.51. The summed E-state index contributed by atoms with van der Waals surface area (Å²) in [6.45, 7) is 3.84. The number of alkyl halides is 6. The van der Waals surface area contributed by atoms with Crippen LogP contribution < -0.4 is 10.5 Å². The maximum absolute atomic E-state index is 12.9. The maximum atomic E-state index is 12.9. The average molecular weight is 493 g/mol. The second kappa shape index (κ2) is 9.50. The van der Waals surface area contributed by atoms with Gasteiger partial charge in [0.15, 0.2) is 0 Å². The third-order valence-corrected chi connectivity index (χ3v) is 5.20. The SMILES string of the molecule is CC(Cc1c[nH]c(=O)c(C(F)(F)F)c1)OC(=O)N1CCN(c2ncc(C(F)(F)F)cn2)C(C)C1. The molecular weight excluding hydrogens is 472 g/mol. The molecule has 0 spiro atoms. The van der Waals surface area contributed by atoms with Crippen molar-refractivity contribution in [2.45, 2.75) is 44.8 Å². The molecule has 2 atom stereocenters. The van der Waals surface area contributed by atoms with E-state index >= 15 is 0 Å². The Balaban J connectivity index is 1.57. The quantitative estimate of drug-likeness (QED) is 0.656. The summed E-state index contributed by atoms with van der Waals surface area (Å²) in [4.78, 5) is 36.5. The molecule has 0 radical (unpaired) electrons. The highest BCUT2D eigenvalue weighted by Crippen LogP contribution is 2.29. The summed E-state index contributed by atoms with van der Waals surface area (Å²) in [5.41, 5.74) is -3.42. The third kappa shape index (κ3) is 5.97. The molecule has 3 rings (SSSR count). The topological polar surface area (TPSA) is 91.4 Å². The molecule has 14 heteroatoms. The number of halogens is 6. The number of aromatic nitrogens is 3. The first kappa shape index (κ1) is 25.3. The van der Waals surface area contributed by atoms with Gasteiger partial charge in [-0.25, -0.2) is 14.8 Å². The molecule has 0 bridgehead atoms. The summed E-state index contributed by atoms with van der Waals surface area (Å²) in [7, 11) is 0. The lowest BCUT2D eigenvalue weighted by atomic mass is 10.1. The smallest absolute Gasteiger partial charge is 0.421 e. The van der Waals surface area contributed by atoms with E-state index in [1.165, 1.54) is 11.8 Å². The zero-order valence-electron chi connectivity index (χ0n) is 18.1. The van der Waals surface area contributed by atoms with Crippen molar-refractivity contribution in [2.75, 3.05) is 24.5 Å². The monoisotopic (exact) mass is 493 g/mol. The molecule has 2 aromatic heterocycles. The van der Waals surface area contributed by atoms with E-state index in [0.29, 0.717) is 18.5 Å². The Hall–Kier alpha value is -3.32. The summed E-state index contributed by atoms with van der Waals surface area (Å²) in [6.07, 6.45) is -8.37. The first-order valence-electron chi connectivity index (χ1n) is 10.2. The molecule has 1 aliphatic heterocycles. The van der Waals surface area contributed by atoms with Crippen molar-refractivity contribution < 1.29 is 35.9 Å². The van der Waals surface area contributed by atoms with Crippen LogP contribution in [0.1, 0.15) is 30.5 Å². The van der Waals surface area contributed by atoms with Crippen molar-refractivity contribution in [3.63, 3.8) is 0 Å². The van der Waals surface area contributed by atoms with E-state index in [1.807, 2.05) is 4.98 Å². The summed E-state index contributed by atoms with van der Waals surface area (Å²) in [6, 6.07) is 0.385. The molecule has 1 saturated heterocycles. The van der Waals surface area contributed by atoms with Crippen molar-refractivity contribution in [3.8, 4) is 0 Å². The number of hydrogen-bond donors (Lipinski definition) is 1. The lowest BCUT2D eigenvalue weighted by Crippen LogP contribution is -2.54. The molecule has 0 aliphatic carbocycles. The van der Waals surface area contributed by atoms with Crippen molar-refractivity contribution in [3.05, 3.63) is 51.7 Å². The van der Waals surface area contributed by atoms with E-state index in [0.717, 1.165) is 6.20 Å². The van der Waals surface area contributed by atoms with Crippen LogP contribution in [0.3, 0.4) is 0 Å². The molecule has 1 N–H and O–H groups in total. The number of anilines is 1. The van der Waals surface area contributed by atoms with Crippen molar-refractivity contribution in [2.24, 2.45) is 0 Å². The number of aromatic amines is 1. The van der Waals surface area contributed by atoms with Crippen LogP contribution in [0.25, 0.3) is 0 Å². The Morgan fingerprint density at radius 3 is 2.38 bits per heavy atom. The number of carbonyl (C=O) groups excluding carboxylic acids is 1. The van der Waals surface area contributed by atoms with Gasteiger partial charge in [-0.1, -0.05) is 0 Å². The van der Waals surface area contributed by atoms with Crippen LogP contribution in [0, 0.1) is 0 Å². The van der Waals surface area contributed by atoms with E-state index in [9.17, 15) is 35.9 Å². The van der Waals surface area contributed by atoms with Crippen molar-refractivity contribution >= 4 is 12.0 Å². The number of amides is 1. The fourth-order valence-corrected chi connectivity index (χ4v) is 3.51. The number of H-pyrrole nitrogens is 1. The highest BCUT2D eigenvalue weighted by atomic mass is 19.4. The summed E-state index contributed by atoms with van der Waals surface area (Å²) in [5, 5.41) is 0. The molecule has 186 valence electrons. The van der Waals surface area contributed by atoms with Gasteiger partial charge in [-0.3, -0.25) is 4.79 Å². The zero-order chi connectivity index (χ0) is 25.3. The van der Waals surface area contributed by atoms with Gasteiger partial charge in [0.2, 0.25) is 5.95 Å². The van der Waals surface area contributed by atoms with Gasteiger partial charge < -0.3 is 19.5 Å². The first-order chi connectivity index (χ1) is 15.8. The predicted octanol–water partition coefficient (Wildman–Crippen LogP) is 3.48. The van der Waals surface area contributed by atoms with Gasteiger partial charge in [-0.2, -0.15) is 26.3 Å². The molecule has 3 heterocycles. The van der Waals surface area contributed by atoms with Crippen molar-refractivity contribution in [1.82, 2.24) is 19.9 Å². The van der Waals surface area contributed by atoms with E-state index in [4.69, 9.17) is 4.74 Å². The van der Waals surface area contributed by atoms with E-state index in [1.54, 1.807) is 11.8 Å². The van der Waals surface area contributed by atoms with Crippen LogP contribution in [0.5, 0.6) is 0 Å². The van der Waals surface area contributed by atoms with Gasteiger partial charge in [0.1, 0.15) is 11.7 Å². The van der Waals surface area contributed by atoms with Crippen molar-refractivity contribution in [1.29, 1.82) is 0 Å². The molecular formula is C20H21F6N5O3. The van der Waals surface area contributed by atoms with Crippen LogP contribution in [-0.2, 0) is 23.5 Å². The number of pyridine rings is 1. The van der Waals surface area contributed by atoms with Crippen LogP contribution in [0.15, 0.2) is 29.5 Å². The third-order valence-electron chi connectivity index (χ3n) is 5.20. The number of nitrogens with zero attached hydrogens (tertiary/aromatic N) is 4. The molecule has 2 aromatic rings. The van der Waals surface area contributed by atoms with Gasteiger partial charge in [-0.05, 0) is 25.5 Å². The molecule has 8 nitrogen and oxygen atoms in total. The number of nitrogens with one attached hydrogen (secondary N) is 1. The van der Waals surface area contributed by atoms with E-state index in [-0.39, 0.29) is 43.6 Å². The maximum Gasteiger partial charge on any atom is 0.421 e. The molecule has 1 amide bonds. The number of hydrogen-bond acceptors (Lipinski definition) is 6. The van der Waals surface area contributed by atoms with E-state index < -0.39 is 41.2 Å². The van der Waals surface area contributed by atoms with Gasteiger partial charge in [0.25, 0.3) is 5.56 Å². The van der Waals surface area contributed by atoms with Gasteiger partial charge in [0.05, 0.1) is 5.56 Å². The largest absolute Gasteiger partial charge is 0.446 e. The molecule has 2 unspecified atom stereocenters. The number of rotatable bonds is 4. The number of ether oxygens (including phenoxy) is 1. The Labute approximate surface area is 189 Å². The van der Waals surface area contributed by atoms with Gasteiger partial charge in [0, 0.05) is 50.7 Å². The molecule has 0 aromatic carbocycles. The molecule has 34 heavy (non-hydrogen) atoms. The lowest BCUT2D eigenvalue weighted by molar-refractivity contribution is -0.139. The Morgan fingerprint density at radius 1 is 1.18 bits per heavy atom. The standard InChI is InChI=1S/C20H21F6N5O3/c1-11-10-30(3-4-31(11)17-28-8-14(9-29-17)19(21,22)23)18(33)34-12(2)5-13-6-15(20(24,25)26)16(32)27-7-13/h6-9,11-12H,3-5,10H2,1-2H3,(H,27,32). The Kier molecular flexibility index (Phi) is 7.07. The number of piperazine rings is 1. The normalized spacial score (nSPS) is 18.1. The summed E-state index contributed by atoms with van der Waals surface area (Å²) in [5.74, 6) is 0.0976. The second-order valence-electron chi connectivity index (χ2n) is 7.90. The summed E-state index contributed by atoms with van der Waals surface area (Å²) >= 11 is 0. The van der Waals surface area contributed by atoms with Crippen LogP contribution >= 0.6 is 0 Å². The second-order valence-corrected chi connectivity index (χ2v) is 7.90. The minimum Gasteiger partial charge on any atom is -0.446 e. The minimum atomic E-state index is -4.81. The highest BCUT2D eigenvalue weighted by molar-refractivity contribution is 5.68. The predicted molar refractivity (Wildman–Crippen MR) is 107 cm³/mol. The zero-order valence-corrected chi connectivity index (χ0v) is 18.1. The van der Waals surface area contributed by atoms with Crippen LogP contribution in [0.2, 0.25) is 0 Å². The molecule has 1 aliphatic rings. The number of carbonyl (C=O) groups is 1. The summed E-state index contributed by atoms with van der Waals surface area (Å²) < 4.78 is 82.1. The van der Waals surface area contributed by atoms with Crippen LogP contribution in [0.4, 0.5) is 37.1 Å². The Bertz CT molecular complexity index is 1070. The van der Waals surface area contributed by atoms with E-state index in [2.05, 4.69) is 9.97 Å². The van der Waals surface area contributed by atoms with Gasteiger partial charge >= 0.3 is 18.4 Å². The fraction of sp³-hybridized carbons (Fsp3) is 0.500. The van der Waals surface area contributed by atoms with Gasteiger partial charge in [-0.15, -0.1) is 0 Å². The minimum absolute atomic E-state index is 0.0550.